The van der Waals surface area contributed by atoms with Crippen LogP contribution in [0.15, 0.2) is 47.3 Å². The van der Waals surface area contributed by atoms with Crippen molar-refractivity contribution < 1.29 is 9.53 Å². The first-order chi connectivity index (χ1) is 9.63. The Kier molecular flexibility index (Phi) is 3.39. The van der Waals surface area contributed by atoms with Gasteiger partial charge in [0.05, 0.1) is 11.8 Å². The number of benzene rings is 1. The molecule has 1 aromatic carbocycles. The highest BCUT2D eigenvalue weighted by atomic mass is 127. The minimum atomic E-state index is -0.441. The van der Waals surface area contributed by atoms with Crippen LogP contribution in [0.2, 0.25) is 0 Å². The predicted molar refractivity (Wildman–Crippen MR) is 83.0 cm³/mol. The Morgan fingerprint density at radius 2 is 2.15 bits per heavy atom. The average Bonchev–Trinajstić information content (AvgIpc) is 2.98. The minimum Gasteiger partial charge on any atom is -0.402 e. The van der Waals surface area contributed by atoms with Crippen molar-refractivity contribution in [3.05, 3.63) is 57.1 Å². The smallest absolute Gasteiger partial charge is 0.363 e. The molecule has 2 aromatic rings. The van der Waals surface area contributed by atoms with Crippen LogP contribution in [-0.2, 0) is 16.6 Å². The van der Waals surface area contributed by atoms with Gasteiger partial charge < -0.3 is 4.74 Å². The molecule has 0 bridgehead atoms. The van der Waals surface area contributed by atoms with E-state index in [1.165, 1.54) is 0 Å². The van der Waals surface area contributed by atoms with Crippen molar-refractivity contribution in [2.45, 2.75) is 0 Å². The average molecular weight is 379 g/mol. The zero-order valence-corrected chi connectivity index (χ0v) is 12.7. The number of aromatic nitrogens is 2. The third kappa shape index (κ3) is 2.51. The van der Waals surface area contributed by atoms with Crippen LogP contribution in [0.1, 0.15) is 11.1 Å². The fraction of sp³-hybridized carbons (Fsp3) is 0.0714. The number of halogens is 1. The lowest BCUT2D eigenvalue weighted by Gasteiger charge is -2.01. The van der Waals surface area contributed by atoms with Crippen LogP contribution in [0.3, 0.4) is 0 Å². The minimum absolute atomic E-state index is 0.285. The number of carbonyl (C=O) groups is 1. The van der Waals surface area contributed by atoms with E-state index in [2.05, 4.69) is 32.7 Å². The molecule has 1 aliphatic heterocycles. The summed E-state index contributed by atoms with van der Waals surface area (Å²) in [6.07, 6.45) is 5.14. The van der Waals surface area contributed by atoms with Crippen LogP contribution in [-0.4, -0.2) is 21.6 Å². The van der Waals surface area contributed by atoms with Crippen LogP contribution in [0.5, 0.6) is 0 Å². The fourth-order valence-corrected chi connectivity index (χ4v) is 2.45. The summed E-state index contributed by atoms with van der Waals surface area (Å²) in [6.45, 7) is 0. The lowest BCUT2D eigenvalue weighted by molar-refractivity contribution is -0.129. The number of ether oxygens (including phenoxy) is 1. The predicted octanol–water partition coefficient (Wildman–Crippen LogP) is 2.37. The Hall–Kier alpha value is -1.96. The van der Waals surface area contributed by atoms with Gasteiger partial charge in [0.25, 0.3) is 0 Å². The summed E-state index contributed by atoms with van der Waals surface area (Å²) in [5.74, 6) is -0.0985. The van der Waals surface area contributed by atoms with Crippen molar-refractivity contribution in [1.82, 2.24) is 9.78 Å². The van der Waals surface area contributed by atoms with Crippen LogP contribution in [0, 0.1) is 3.57 Å². The molecule has 0 amide bonds. The molecule has 5 nitrogen and oxygen atoms in total. The van der Waals surface area contributed by atoms with E-state index in [1.807, 2.05) is 31.3 Å². The molecular weight excluding hydrogens is 369 g/mol. The lowest BCUT2D eigenvalue weighted by Crippen LogP contribution is -2.06. The van der Waals surface area contributed by atoms with E-state index >= 15 is 0 Å². The van der Waals surface area contributed by atoms with Gasteiger partial charge in [-0.25, -0.2) is 9.79 Å². The summed E-state index contributed by atoms with van der Waals surface area (Å²) < 4.78 is 7.88. The van der Waals surface area contributed by atoms with E-state index in [0.29, 0.717) is 5.90 Å². The quantitative estimate of drug-likeness (QED) is 0.458. The number of nitrogens with zero attached hydrogens (tertiary/aromatic N) is 3. The molecule has 6 heteroatoms. The van der Waals surface area contributed by atoms with Gasteiger partial charge in [-0.15, -0.1) is 0 Å². The highest BCUT2D eigenvalue weighted by Crippen LogP contribution is 2.21. The van der Waals surface area contributed by atoms with Gasteiger partial charge >= 0.3 is 5.97 Å². The Bertz CT molecular complexity index is 746. The van der Waals surface area contributed by atoms with Gasteiger partial charge in [0, 0.05) is 22.4 Å². The first-order valence-electron chi connectivity index (χ1n) is 5.89. The molecule has 1 aliphatic rings. The zero-order valence-electron chi connectivity index (χ0n) is 10.6. The molecule has 20 heavy (non-hydrogen) atoms. The summed E-state index contributed by atoms with van der Waals surface area (Å²) in [6, 6.07) is 7.63. The molecule has 0 radical (unpaired) electrons. The van der Waals surface area contributed by atoms with Gasteiger partial charge in [0.1, 0.15) is 0 Å². The number of hydrogen-bond donors (Lipinski definition) is 0. The van der Waals surface area contributed by atoms with Crippen molar-refractivity contribution in [3.8, 4) is 0 Å². The van der Waals surface area contributed by atoms with Crippen LogP contribution in [0.4, 0.5) is 0 Å². The van der Waals surface area contributed by atoms with E-state index < -0.39 is 5.97 Å². The van der Waals surface area contributed by atoms with Gasteiger partial charge in [-0.1, -0.05) is 12.1 Å². The molecule has 1 aromatic heterocycles. The summed E-state index contributed by atoms with van der Waals surface area (Å²) in [5, 5.41) is 4.05. The van der Waals surface area contributed by atoms with Crippen molar-refractivity contribution in [1.29, 1.82) is 0 Å². The van der Waals surface area contributed by atoms with Gasteiger partial charge in [0.15, 0.2) is 5.70 Å². The topological polar surface area (TPSA) is 56.5 Å². The van der Waals surface area contributed by atoms with E-state index in [0.717, 1.165) is 14.7 Å². The van der Waals surface area contributed by atoms with Gasteiger partial charge in [0.2, 0.25) is 5.90 Å². The van der Waals surface area contributed by atoms with Crippen LogP contribution < -0.4 is 0 Å². The number of carbonyl (C=O) groups excluding carboxylic acids is 1. The Balaban J connectivity index is 1.97. The van der Waals surface area contributed by atoms with E-state index in [1.54, 1.807) is 23.2 Å². The third-order valence-electron chi connectivity index (χ3n) is 2.75. The standard InChI is InChI=1S/C14H10IN3O2/c1-18-8-9(7-16-18)6-12-14(19)20-13(17-12)10-4-2-3-5-11(10)15/h2-8H,1H3/b12-6-. The summed E-state index contributed by atoms with van der Waals surface area (Å²) in [5.41, 5.74) is 1.91. The molecule has 0 aliphatic carbocycles. The van der Waals surface area contributed by atoms with Crippen LogP contribution >= 0.6 is 22.6 Å². The van der Waals surface area contributed by atoms with Gasteiger partial charge in [-0.3, -0.25) is 4.68 Å². The third-order valence-corrected chi connectivity index (χ3v) is 3.69. The monoisotopic (exact) mass is 379 g/mol. The number of cyclic esters (lactones) is 1. The number of aryl methyl sites for hydroxylation is 1. The molecule has 3 rings (SSSR count). The normalized spacial score (nSPS) is 16.4. The SMILES string of the molecule is Cn1cc(/C=C2\N=C(c3ccccc3I)OC2=O)cn1. The molecule has 0 unspecified atom stereocenters. The second-order valence-electron chi connectivity index (χ2n) is 4.26. The second kappa shape index (κ2) is 5.20. The molecule has 0 atom stereocenters. The van der Waals surface area contributed by atoms with E-state index in [4.69, 9.17) is 4.74 Å². The van der Waals surface area contributed by atoms with Crippen molar-refractivity contribution >= 4 is 40.5 Å². The summed E-state index contributed by atoms with van der Waals surface area (Å²) in [4.78, 5) is 16.1. The number of rotatable bonds is 2. The van der Waals surface area contributed by atoms with Gasteiger partial charge in [-0.05, 0) is 40.8 Å². The number of aliphatic imine (C=N–C) groups is 1. The molecule has 0 fully saturated rings. The van der Waals surface area contributed by atoms with Crippen molar-refractivity contribution in [2.24, 2.45) is 12.0 Å². The molecule has 0 saturated carbocycles. The molecule has 100 valence electrons. The van der Waals surface area contributed by atoms with Crippen LogP contribution in [0.25, 0.3) is 6.08 Å². The Labute approximate surface area is 129 Å². The first kappa shape index (κ1) is 13.0. The van der Waals surface area contributed by atoms with E-state index in [9.17, 15) is 4.79 Å². The highest BCUT2D eigenvalue weighted by Gasteiger charge is 2.25. The molecule has 0 saturated heterocycles. The first-order valence-corrected chi connectivity index (χ1v) is 6.97. The molecule has 0 N–H and O–H groups in total. The Morgan fingerprint density at radius 3 is 2.85 bits per heavy atom. The summed E-state index contributed by atoms with van der Waals surface area (Å²) in [7, 11) is 1.82. The molecular formula is C14H10IN3O2. The lowest BCUT2D eigenvalue weighted by atomic mass is 10.2. The molecule has 2 heterocycles. The van der Waals surface area contributed by atoms with Crippen molar-refractivity contribution in [2.75, 3.05) is 0 Å². The maximum Gasteiger partial charge on any atom is 0.363 e. The van der Waals surface area contributed by atoms with Crippen molar-refractivity contribution in [3.63, 3.8) is 0 Å². The van der Waals surface area contributed by atoms with E-state index in [-0.39, 0.29) is 5.70 Å². The second-order valence-corrected chi connectivity index (χ2v) is 5.43. The summed E-state index contributed by atoms with van der Waals surface area (Å²) >= 11 is 2.19. The largest absolute Gasteiger partial charge is 0.402 e. The highest BCUT2D eigenvalue weighted by molar-refractivity contribution is 14.1. The fourth-order valence-electron chi connectivity index (χ4n) is 1.83. The Morgan fingerprint density at radius 1 is 1.35 bits per heavy atom. The van der Waals surface area contributed by atoms with Gasteiger partial charge in [-0.2, -0.15) is 5.10 Å². The number of esters is 1. The number of hydrogen-bond acceptors (Lipinski definition) is 4. The molecule has 0 spiro atoms. The maximum atomic E-state index is 11.8. The maximum absolute atomic E-state index is 11.8. The zero-order chi connectivity index (χ0) is 14.1.